The zero-order valence-electron chi connectivity index (χ0n) is 6.72. The van der Waals surface area contributed by atoms with Gasteiger partial charge in [-0.05, 0) is 0 Å². The number of pyridine rings is 1. The number of hydrogen-bond donors (Lipinski definition) is 1. The molecule has 0 aliphatic heterocycles. The summed E-state index contributed by atoms with van der Waals surface area (Å²) in [6, 6.07) is 0.976. The summed E-state index contributed by atoms with van der Waals surface area (Å²) >= 11 is 0. The van der Waals surface area contributed by atoms with E-state index in [0.717, 1.165) is 6.07 Å². The lowest BCUT2D eigenvalue weighted by molar-refractivity contribution is 0.145. The molecule has 0 atom stereocenters. The number of nitrogen functional groups attached to an aromatic ring is 1. The first kappa shape index (κ1) is 9.63. The number of methoxy groups -OCH3 is 1. The van der Waals surface area contributed by atoms with Crippen molar-refractivity contribution in [3.63, 3.8) is 0 Å². The van der Waals surface area contributed by atoms with Crippen LogP contribution in [0.3, 0.4) is 0 Å². The van der Waals surface area contributed by atoms with Crippen LogP contribution in [0.4, 0.5) is 18.9 Å². The van der Waals surface area contributed by atoms with Crippen molar-refractivity contribution in [2.24, 2.45) is 0 Å². The Hall–Kier alpha value is -1.46. The van der Waals surface area contributed by atoms with Gasteiger partial charge in [0.1, 0.15) is 5.69 Å². The van der Waals surface area contributed by atoms with Gasteiger partial charge in [0.15, 0.2) is 5.75 Å². The molecule has 0 radical (unpaired) electrons. The van der Waals surface area contributed by atoms with Crippen LogP contribution in [0.5, 0.6) is 5.75 Å². The minimum Gasteiger partial charge on any atom is -0.492 e. The lowest BCUT2D eigenvalue weighted by Gasteiger charge is -2.06. The number of halogens is 3. The molecule has 1 rings (SSSR count). The number of alkyl halides is 2. The standard InChI is InChI=1S/C7H7F3N2O/c1-13-4-2-3(11)5(6(8)9)12-7(4)10/h2,6H,11H2,1H3. The lowest BCUT2D eigenvalue weighted by atomic mass is 10.3. The smallest absolute Gasteiger partial charge is 0.282 e. The molecule has 0 fully saturated rings. The zero-order valence-corrected chi connectivity index (χ0v) is 6.72. The van der Waals surface area contributed by atoms with Gasteiger partial charge < -0.3 is 10.5 Å². The third-order valence-corrected chi connectivity index (χ3v) is 1.43. The molecule has 3 nitrogen and oxygen atoms in total. The Balaban J connectivity index is 3.20. The monoisotopic (exact) mass is 192 g/mol. The SMILES string of the molecule is COc1cc(N)c(C(F)F)nc1F. The fraction of sp³-hybridized carbons (Fsp3) is 0.286. The maximum atomic E-state index is 12.8. The topological polar surface area (TPSA) is 48.1 Å². The Kier molecular flexibility index (Phi) is 2.60. The van der Waals surface area contributed by atoms with E-state index in [0.29, 0.717) is 0 Å². The average molecular weight is 192 g/mol. The highest BCUT2D eigenvalue weighted by atomic mass is 19.3. The van der Waals surface area contributed by atoms with Gasteiger partial charge in [0.25, 0.3) is 12.4 Å². The second-order valence-corrected chi connectivity index (χ2v) is 2.26. The van der Waals surface area contributed by atoms with Gasteiger partial charge in [-0.3, -0.25) is 0 Å². The molecule has 0 amide bonds. The molecule has 2 N–H and O–H groups in total. The van der Waals surface area contributed by atoms with Crippen molar-refractivity contribution in [1.29, 1.82) is 0 Å². The molecule has 1 aromatic rings. The molecule has 1 heterocycles. The number of aromatic nitrogens is 1. The highest BCUT2D eigenvalue weighted by Gasteiger charge is 2.17. The predicted octanol–water partition coefficient (Wildman–Crippen LogP) is 1.75. The molecule has 0 aromatic carbocycles. The third-order valence-electron chi connectivity index (χ3n) is 1.43. The number of rotatable bonds is 2. The number of anilines is 1. The Labute approximate surface area is 72.3 Å². The summed E-state index contributed by atoms with van der Waals surface area (Å²) in [6.45, 7) is 0. The summed E-state index contributed by atoms with van der Waals surface area (Å²) in [5.41, 5.74) is 4.13. The minimum absolute atomic E-state index is 0.248. The van der Waals surface area contributed by atoms with E-state index >= 15 is 0 Å². The van der Waals surface area contributed by atoms with Crippen molar-refractivity contribution < 1.29 is 17.9 Å². The first-order chi connectivity index (χ1) is 6.06. The highest BCUT2D eigenvalue weighted by Crippen LogP contribution is 2.27. The molecular weight excluding hydrogens is 185 g/mol. The highest BCUT2D eigenvalue weighted by molar-refractivity contribution is 5.48. The van der Waals surface area contributed by atoms with Crippen molar-refractivity contribution in [3.05, 3.63) is 17.7 Å². The van der Waals surface area contributed by atoms with Crippen LogP contribution in [-0.2, 0) is 0 Å². The fourth-order valence-corrected chi connectivity index (χ4v) is 0.818. The fourth-order valence-electron chi connectivity index (χ4n) is 0.818. The molecule has 0 spiro atoms. The Morgan fingerprint density at radius 3 is 2.62 bits per heavy atom. The second kappa shape index (κ2) is 3.51. The predicted molar refractivity (Wildman–Crippen MR) is 40.1 cm³/mol. The van der Waals surface area contributed by atoms with Crippen molar-refractivity contribution in [1.82, 2.24) is 4.98 Å². The van der Waals surface area contributed by atoms with Crippen LogP contribution >= 0.6 is 0 Å². The summed E-state index contributed by atoms with van der Waals surface area (Å²) in [5.74, 6) is -1.34. The molecule has 0 saturated heterocycles. The van der Waals surface area contributed by atoms with Crippen molar-refractivity contribution in [2.45, 2.75) is 6.43 Å². The van der Waals surface area contributed by atoms with Gasteiger partial charge >= 0.3 is 0 Å². The van der Waals surface area contributed by atoms with Gasteiger partial charge in [0, 0.05) is 6.07 Å². The van der Waals surface area contributed by atoms with Gasteiger partial charge in [-0.2, -0.15) is 4.39 Å². The first-order valence-corrected chi connectivity index (χ1v) is 3.34. The number of nitrogens with zero attached hydrogens (tertiary/aromatic N) is 1. The average Bonchev–Trinajstić information content (AvgIpc) is 2.07. The van der Waals surface area contributed by atoms with E-state index in [9.17, 15) is 13.2 Å². The molecule has 13 heavy (non-hydrogen) atoms. The first-order valence-electron chi connectivity index (χ1n) is 3.34. The van der Waals surface area contributed by atoms with Gasteiger partial charge in [-0.25, -0.2) is 13.8 Å². The Morgan fingerprint density at radius 1 is 1.54 bits per heavy atom. The summed E-state index contributed by atoms with van der Waals surface area (Å²) in [4.78, 5) is 2.98. The van der Waals surface area contributed by atoms with Gasteiger partial charge in [-0.15, -0.1) is 0 Å². The van der Waals surface area contributed by atoms with Crippen LogP contribution < -0.4 is 10.5 Å². The molecule has 72 valence electrons. The molecule has 0 saturated carbocycles. The van der Waals surface area contributed by atoms with E-state index in [1.165, 1.54) is 7.11 Å². The van der Waals surface area contributed by atoms with Crippen LogP contribution in [0.15, 0.2) is 6.07 Å². The number of hydrogen-bond acceptors (Lipinski definition) is 3. The number of nitrogens with two attached hydrogens (primary N) is 1. The molecule has 6 heteroatoms. The third kappa shape index (κ3) is 1.82. The Morgan fingerprint density at radius 2 is 2.15 bits per heavy atom. The van der Waals surface area contributed by atoms with Crippen LogP contribution in [0.1, 0.15) is 12.1 Å². The summed E-state index contributed by atoms with van der Waals surface area (Å²) in [7, 11) is 1.20. The van der Waals surface area contributed by atoms with Crippen molar-refractivity contribution >= 4 is 5.69 Å². The molecular formula is C7H7F3N2O. The van der Waals surface area contributed by atoms with Crippen LogP contribution in [-0.4, -0.2) is 12.1 Å². The normalized spacial score (nSPS) is 10.5. The molecule has 1 aromatic heterocycles. The van der Waals surface area contributed by atoms with Crippen LogP contribution in [0.2, 0.25) is 0 Å². The summed E-state index contributed by atoms with van der Waals surface area (Å²) < 4.78 is 41.5. The number of ether oxygens (including phenoxy) is 1. The maximum Gasteiger partial charge on any atom is 0.282 e. The quantitative estimate of drug-likeness (QED) is 0.726. The molecule has 0 unspecified atom stereocenters. The summed E-state index contributed by atoms with van der Waals surface area (Å²) in [5, 5.41) is 0. The lowest BCUT2D eigenvalue weighted by Crippen LogP contribution is -2.02. The van der Waals surface area contributed by atoms with Gasteiger partial charge in [-0.1, -0.05) is 0 Å². The van der Waals surface area contributed by atoms with E-state index in [-0.39, 0.29) is 11.4 Å². The second-order valence-electron chi connectivity index (χ2n) is 2.26. The van der Waals surface area contributed by atoms with E-state index in [1.807, 2.05) is 0 Å². The van der Waals surface area contributed by atoms with Crippen molar-refractivity contribution in [2.75, 3.05) is 12.8 Å². The molecule has 0 aliphatic carbocycles. The van der Waals surface area contributed by atoms with E-state index < -0.39 is 18.1 Å². The molecule has 0 bridgehead atoms. The van der Waals surface area contributed by atoms with E-state index in [1.54, 1.807) is 0 Å². The summed E-state index contributed by atoms with van der Waals surface area (Å²) in [6.07, 6.45) is -2.89. The zero-order chi connectivity index (χ0) is 10.0. The largest absolute Gasteiger partial charge is 0.492 e. The molecule has 0 aliphatic rings. The van der Waals surface area contributed by atoms with Crippen molar-refractivity contribution in [3.8, 4) is 5.75 Å². The minimum atomic E-state index is -2.89. The van der Waals surface area contributed by atoms with E-state index in [4.69, 9.17) is 5.73 Å². The van der Waals surface area contributed by atoms with E-state index in [2.05, 4.69) is 9.72 Å². The van der Waals surface area contributed by atoms with Crippen LogP contribution in [0.25, 0.3) is 0 Å². The van der Waals surface area contributed by atoms with Gasteiger partial charge in [0.05, 0.1) is 12.8 Å². The Bertz CT molecular complexity index is 317. The van der Waals surface area contributed by atoms with Gasteiger partial charge in [0.2, 0.25) is 0 Å². The van der Waals surface area contributed by atoms with Crippen LogP contribution in [0, 0.1) is 5.95 Å². The maximum absolute atomic E-state index is 12.8.